The van der Waals surface area contributed by atoms with Crippen LogP contribution in [-0.2, 0) is 11.3 Å². The first-order chi connectivity index (χ1) is 12.0. The van der Waals surface area contributed by atoms with Crippen molar-refractivity contribution in [2.75, 3.05) is 0 Å². The molecule has 0 radical (unpaired) electrons. The highest BCUT2D eigenvalue weighted by atomic mass is 35.5. The van der Waals surface area contributed by atoms with E-state index in [-0.39, 0.29) is 24.1 Å². The summed E-state index contributed by atoms with van der Waals surface area (Å²) in [6.07, 6.45) is 9.37. The SMILES string of the molecule is O=C(Cn1cnc2c(Cl)cc(Cl)cc2c1=O)NC1CCCCCCC1. The Balaban J connectivity index is 1.74. The van der Waals surface area contributed by atoms with Crippen LogP contribution in [0.5, 0.6) is 0 Å². The molecule has 1 aromatic carbocycles. The fourth-order valence-corrected chi connectivity index (χ4v) is 3.88. The summed E-state index contributed by atoms with van der Waals surface area (Å²) in [6.45, 7) is -0.0532. The summed E-state index contributed by atoms with van der Waals surface area (Å²) in [6, 6.07) is 3.27. The van der Waals surface area contributed by atoms with Crippen LogP contribution in [0.25, 0.3) is 10.9 Å². The number of halogens is 2. The molecule has 0 saturated heterocycles. The van der Waals surface area contributed by atoms with Gasteiger partial charge < -0.3 is 5.32 Å². The normalized spacial score (nSPS) is 16.4. The van der Waals surface area contributed by atoms with Gasteiger partial charge in [0.15, 0.2) is 0 Å². The molecule has 1 aliphatic carbocycles. The molecule has 134 valence electrons. The first-order valence-corrected chi connectivity index (χ1v) is 9.44. The molecular formula is C18H21Cl2N3O2. The summed E-state index contributed by atoms with van der Waals surface area (Å²) in [5.41, 5.74) is 0.0787. The lowest BCUT2D eigenvalue weighted by atomic mass is 9.97. The fourth-order valence-electron chi connectivity index (χ4n) is 3.34. The van der Waals surface area contributed by atoms with Crippen LogP contribution in [0.1, 0.15) is 44.9 Å². The van der Waals surface area contributed by atoms with Crippen LogP contribution in [-0.4, -0.2) is 21.5 Å². The predicted molar refractivity (Wildman–Crippen MR) is 100 cm³/mol. The van der Waals surface area contributed by atoms with Gasteiger partial charge in [-0.05, 0) is 25.0 Å². The van der Waals surface area contributed by atoms with Gasteiger partial charge in [0.1, 0.15) is 6.54 Å². The molecule has 1 fully saturated rings. The summed E-state index contributed by atoms with van der Waals surface area (Å²) in [5.74, 6) is -0.165. The molecular weight excluding hydrogens is 361 g/mol. The number of nitrogens with one attached hydrogen (secondary N) is 1. The number of aromatic nitrogens is 2. The largest absolute Gasteiger partial charge is 0.352 e. The Morgan fingerprint density at radius 2 is 1.84 bits per heavy atom. The van der Waals surface area contributed by atoms with Crippen LogP contribution in [0.3, 0.4) is 0 Å². The zero-order valence-electron chi connectivity index (χ0n) is 13.9. The maximum Gasteiger partial charge on any atom is 0.261 e. The molecule has 7 heteroatoms. The number of amides is 1. The van der Waals surface area contributed by atoms with Gasteiger partial charge in [-0.15, -0.1) is 0 Å². The van der Waals surface area contributed by atoms with Crippen LogP contribution in [0, 0.1) is 0 Å². The minimum Gasteiger partial charge on any atom is -0.352 e. The molecule has 0 atom stereocenters. The van der Waals surface area contributed by atoms with E-state index in [0.717, 1.165) is 25.7 Å². The predicted octanol–water partition coefficient (Wildman–Crippen LogP) is 3.93. The molecule has 0 aliphatic heterocycles. The van der Waals surface area contributed by atoms with Gasteiger partial charge in [-0.3, -0.25) is 14.2 Å². The molecule has 1 amide bonds. The van der Waals surface area contributed by atoms with E-state index in [1.165, 1.54) is 36.2 Å². The molecule has 3 rings (SSSR count). The third-order valence-corrected chi connectivity index (χ3v) is 5.14. The van der Waals surface area contributed by atoms with Crippen LogP contribution >= 0.6 is 23.2 Å². The third-order valence-electron chi connectivity index (χ3n) is 4.63. The number of hydrogen-bond acceptors (Lipinski definition) is 3. The van der Waals surface area contributed by atoms with E-state index in [2.05, 4.69) is 10.3 Å². The number of carbonyl (C=O) groups excluding carboxylic acids is 1. The molecule has 2 aromatic rings. The summed E-state index contributed by atoms with van der Waals surface area (Å²) >= 11 is 12.0. The fraction of sp³-hybridized carbons (Fsp3) is 0.500. The first kappa shape index (κ1) is 18.2. The Hall–Kier alpha value is -1.59. The molecule has 5 nitrogen and oxygen atoms in total. The molecule has 0 spiro atoms. The molecule has 0 unspecified atom stereocenters. The van der Waals surface area contributed by atoms with Crippen LogP contribution in [0.2, 0.25) is 10.0 Å². The lowest BCUT2D eigenvalue weighted by molar-refractivity contribution is -0.122. The molecule has 1 aliphatic rings. The average molecular weight is 382 g/mol. The number of nitrogens with zero attached hydrogens (tertiary/aromatic N) is 2. The molecule has 0 bridgehead atoms. The molecule has 1 heterocycles. The van der Waals surface area contributed by atoms with Crippen molar-refractivity contribution in [1.29, 1.82) is 0 Å². The summed E-state index contributed by atoms with van der Waals surface area (Å²) in [5, 5.41) is 4.07. The number of benzene rings is 1. The van der Waals surface area contributed by atoms with Gasteiger partial charge in [0, 0.05) is 11.1 Å². The van der Waals surface area contributed by atoms with Gasteiger partial charge in [0.2, 0.25) is 5.91 Å². The lowest BCUT2D eigenvalue weighted by Gasteiger charge is -2.21. The zero-order valence-corrected chi connectivity index (χ0v) is 15.4. The number of hydrogen-bond donors (Lipinski definition) is 1. The van der Waals surface area contributed by atoms with Gasteiger partial charge in [0.25, 0.3) is 5.56 Å². The summed E-state index contributed by atoms with van der Waals surface area (Å²) in [4.78, 5) is 29.1. The Morgan fingerprint density at radius 3 is 2.56 bits per heavy atom. The number of fused-ring (bicyclic) bond motifs is 1. The van der Waals surface area contributed by atoms with Crippen LogP contribution < -0.4 is 10.9 Å². The monoisotopic (exact) mass is 381 g/mol. The maximum absolute atomic E-state index is 12.6. The summed E-state index contributed by atoms with van der Waals surface area (Å²) < 4.78 is 1.30. The maximum atomic E-state index is 12.6. The van der Waals surface area contributed by atoms with Gasteiger partial charge in [-0.25, -0.2) is 4.98 Å². The standard InChI is InChI=1S/C18H21Cl2N3O2/c19-12-8-14-17(15(20)9-12)21-11-23(18(14)25)10-16(24)22-13-6-4-2-1-3-5-7-13/h8-9,11,13H,1-7,10H2,(H,22,24). The van der Waals surface area contributed by atoms with Gasteiger partial charge in [-0.2, -0.15) is 0 Å². The van der Waals surface area contributed by atoms with E-state index in [0.29, 0.717) is 20.9 Å². The molecule has 1 N–H and O–H groups in total. The number of carbonyl (C=O) groups is 1. The van der Waals surface area contributed by atoms with Crippen molar-refractivity contribution in [3.8, 4) is 0 Å². The van der Waals surface area contributed by atoms with E-state index in [4.69, 9.17) is 23.2 Å². The average Bonchev–Trinajstić information content (AvgIpc) is 2.53. The topological polar surface area (TPSA) is 64.0 Å². The van der Waals surface area contributed by atoms with Crippen molar-refractivity contribution in [1.82, 2.24) is 14.9 Å². The second-order valence-corrected chi connectivity index (χ2v) is 7.41. The van der Waals surface area contributed by atoms with Gasteiger partial charge in [-0.1, -0.05) is 55.3 Å². The van der Waals surface area contributed by atoms with Crippen molar-refractivity contribution in [2.24, 2.45) is 0 Å². The lowest BCUT2D eigenvalue weighted by Crippen LogP contribution is -2.39. The van der Waals surface area contributed by atoms with Crippen molar-refractivity contribution in [3.63, 3.8) is 0 Å². The van der Waals surface area contributed by atoms with E-state index in [9.17, 15) is 9.59 Å². The highest BCUT2D eigenvalue weighted by Crippen LogP contribution is 2.24. The molecule has 25 heavy (non-hydrogen) atoms. The Morgan fingerprint density at radius 1 is 1.16 bits per heavy atom. The van der Waals surface area contributed by atoms with E-state index >= 15 is 0 Å². The minimum absolute atomic E-state index is 0.0532. The van der Waals surface area contributed by atoms with Gasteiger partial charge in [0.05, 0.1) is 22.3 Å². The van der Waals surface area contributed by atoms with Crippen molar-refractivity contribution in [3.05, 3.63) is 38.9 Å². The third kappa shape index (κ3) is 4.53. The van der Waals surface area contributed by atoms with Crippen molar-refractivity contribution in [2.45, 2.75) is 57.5 Å². The van der Waals surface area contributed by atoms with Crippen LogP contribution in [0.15, 0.2) is 23.3 Å². The van der Waals surface area contributed by atoms with E-state index < -0.39 is 0 Å². The Kier molecular flexibility index (Phi) is 5.97. The first-order valence-electron chi connectivity index (χ1n) is 8.68. The quantitative estimate of drug-likeness (QED) is 0.875. The van der Waals surface area contributed by atoms with Gasteiger partial charge >= 0.3 is 0 Å². The molecule has 1 aromatic heterocycles. The van der Waals surface area contributed by atoms with Crippen LogP contribution in [0.4, 0.5) is 0 Å². The van der Waals surface area contributed by atoms with Crippen molar-refractivity contribution >= 4 is 40.0 Å². The second kappa shape index (κ2) is 8.19. The highest BCUT2D eigenvalue weighted by Gasteiger charge is 2.16. The van der Waals surface area contributed by atoms with E-state index in [1.54, 1.807) is 6.07 Å². The highest BCUT2D eigenvalue weighted by molar-refractivity contribution is 6.38. The Bertz CT molecular complexity index is 827. The summed E-state index contributed by atoms with van der Waals surface area (Å²) in [7, 11) is 0. The van der Waals surface area contributed by atoms with Crippen molar-refractivity contribution < 1.29 is 4.79 Å². The second-order valence-electron chi connectivity index (χ2n) is 6.57. The Labute approximate surface area is 156 Å². The van der Waals surface area contributed by atoms with E-state index in [1.807, 2.05) is 0 Å². The zero-order chi connectivity index (χ0) is 17.8. The number of rotatable bonds is 3. The minimum atomic E-state index is -0.317. The molecule has 1 saturated carbocycles. The smallest absolute Gasteiger partial charge is 0.261 e.